The quantitative estimate of drug-likeness (QED) is 0.766. The average molecular weight is 430 g/mol. The third kappa shape index (κ3) is 4.44. The van der Waals surface area contributed by atoms with Crippen LogP contribution in [-0.2, 0) is 4.74 Å². The van der Waals surface area contributed by atoms with Crippen molar-refractivity contribution in [1.82, 2.24) is 14.7 Å². The SMILES string of the molecule is Cc1cnn([C@H]2C[C@H]3CN(C(=O)Nc4ccc(F)c(F)c4)C[C@H]3C[C@@H]2OCC2CC2)c1. The van der Waals surface area contributed by atoms with E-state index >= 15 is 0 Å². The Morgan fingerprint density at radius 1 is 1.19 bits per heavy atom. The number of benzene rings is 1. The Hall–Kier alpha value is -2.48. The highest BCUT2D eigenvalue weighted by Gasteiger charge is 2.45. The number of ether oxygens (including phenoxy) is 1. The van der Waals surface area contributed by atoms with Crippen molar-refractivity contribution >= 4 is 11.7 Å². The van der Waals surface area contributed by atoms with E-state index in [0.29, 0.717) is 30.8 Å². The van der Waals surface area contributed by atoms with Crippen LogP contribution in [0.15, 0.2) is 30.6 Å². The van der Waals surface area contributed by atoms with E-state index < -0.39 is 11.6 Å². The highest BCUT2D eigenvalue weighted by molar-refractivity contribution is 5.89. The summed E-state index contributed by atoms with van der Waals surface area (Å²) in [6.45, 7) is 4.13. The molecule has 1 N–H and O–H groups in total. The van der Waals surface area contributed by atoms with Gasteiger partial charge in [-0.25, -0.2) is 13.6 Å². The molecule has 3 aliphatic rings. The first-order valence-corrected chi connectivity index (χ1v) is 11.1. The summed E-state index contributed by atoms with van der Waals surface area (Å²) < 4.78 is 35.0. The van der Waals surface area contributed by atoms with Crippen LogP contribution >= 0.6 is 0 Å². The van der Waals surface area contributed by atoms with Gasteiger partial charge in [0, 0.05) is 37.6 Å². The number of nitrogens with one attached hydrogen (secondary N) is 1. The second-order valence-electron chi connectivity index (χ2n) is 9.34. The van der Waals surface area contributed by atoms with E-state index in [2.05, 4.69) is 16.6 Å². The van der Waals surface area contributed by atoms with Gasteiger partial charge in [0.25, 0.3) is 0 Å². The molecule has 2 aromatic rings. The number of aryl methyl sites for hydroxylation is 1. The van der Waals surface area contributed by atoms with Crippen LogP contribution in [0.25, 0.3) is 0 Å². The number of halogens is 2. The Kier molecular flexibility index (Phi) is 5.42. The normalized spacial score (nSPS) is 27.9. The van der Waals surface area contributed by atoms with Gasteiger partial charge < -0.3 is 15.0 Å². The summed E-state index contributed by atoms with van der Waals surface area (Å²) in [5.74, 6) is -0.471. The monoisotopic (exact) mass is 430 g/mol. The minimum absolute atomic E-state index is 0.0929. The van der Waals surface area contributed by atoms with E-state index in [-0.39, 0.29) is 23.9 Å². The average Bonchev–Trinajstić information content (AvgIpc) is 3.32. The summed E-state index contributed by atoms with van der Waals surface area (Å²) in [7, 11) is 0. The number of carbonyl (C=O) groups excluding carboxylic acids is 1. The van der Waals surface area contributed by atoms with Crippen molar-refractivity contribution in [3.63, 3.8) is 0 Å². The molecular formula is C23H28F2N4O2. The van der Waals surface area contributed by atoms with Gasteiger partial charge >= 0.3 is 6.03 Å². The number of anilines is 1. The summed E-state index contributed by atoms with van der Waals surface area (Å²) in [4.78, 5) is 14.5. The Bertz CT molecular complexity index is 961. The summed E-state index contributed by atoms with van der Waals surface area (Å²) >= 11 is 0. The molecule has 1 aliphatic heterocycles. The molecule has 1 saturated heterocycles. The van der Waals surface area contributed by atoms with E-state index in [0.717, 1.165) is 37.1 Å². The van der Waals surface area contributed by atoms with Crippen LogP contribution in [0.3, 0.4) is 0 Å². The number of urea groups is 1. The number of hydrogen-bond donors (Lipinski definition) is 1. The summed E-state index contributed by atoms with van der Waals surface area (Å²) in [6.07, 6.45) is 8.35. The fourth-order valence-corrected chi connectivity index (χ4v) is 4.95. The molecule has 2 amide bonds. The molecule has 6 nitrogen and oxygen atoms in total. The topological polar surface area (TPSA) is 59.4 Å². The van der Waals surface area contributed by atoms with E-state index in [1.54, 1.807) is 4.90 Å². The lowest BCUT2D eigenvalue weighted by atomic mass is 9.77. The molecule has 1 aromatic carbocycles. The number of hydrogen-bond acceptors (Lipinski definition) is 3. The first kappa shape index (κ1) is 20.4. The number of aromatic nitrogens is 2. The summed E-state index contributed by atoms with van der Waals surface area (Å²) in [5.41, 5.74) is 1.39. The lowest BCUT2D eigenvalue weighted by Crippen LogP contribution is -2.38. The fourth-order valence-electron chi connectivity index (χ4n) is 4.95. The first-order valence-electron chi connectivity index (χ1n) is 11.1. The standard InChI is InChI=1S/C23H28F2N4O2/c1-14-9-26-29(10-14)21-6-16-11-28(12-17(16)7-22(21)31-13-15-2-3-15)23(30)27-18-4-5-19(24)20(25)8-18/h4-5,8-10,15-17,21-22H,2-3,6-7,11-13H2,1H3,(H,27,30)/t16-,17+,21-,22-/m0/s1. The van der Waals surface area contributed by atoms with Crippen molar-refractivity contribution < 1.29 is 18.3 Å². The highest BCUT2D eigenvalue weighted by Crippen LogP contribution is 2.43. The molecule has 0 unspecified atom stereocenters. The number of carbonyl (C=O) groups is 1. The second-order valence-corrected chi connectivity index (χ2v) is 9.34. The van der Waals surface area contributed by atoms with E-state index in [1.165, 1.54) is 18.9 Å². The highest BCUT2D eigenvalue weighted by atomic mass is 19.2. The van der Waals surface area contributed by atoms with Crippen LogP contribution in [0, 0.1) is 36.3 Å². The van der Waals surface area contributed by atoms with Gasteiger partial charge in [0.2, 0.25) is 0 Å². The third-order valence-corrected chi connectivity index (χ3v) is 6.86. The van der Waals surface area contributed by atoms with Gasteiger partial charge in [-0.2, -0.15) is 5.10 Å². The maximum Gasteiger partial charge on any atom is 0.321 e. The smallest absolute Gasteiger partial charge is 0.321 e. The van der Waals surface area contributed by atoms with Crippen molar-refractivity contribution in [3.8, 4) is 0 Å². The molecule has 4 atom stereocenters. The summed E-state index contributed by atoms with van der Waals surface area (Å²) in [6, 6.07) is 3.30. The molecule has 1 aromatic heterocycles. The predicted molar refractivity (Wildman–Crippen MR) is 112 cm³/mol. The van der Waals surface area contributed by atoms with Crippen LogP contribution in [0.2, 0.25) is 0 Å². The van der Waals surface area contributed by atoms with Gasteiger partial charge in [0.15, 0.2) is 11.6 Å². The Morgan fingerprint density at radius 3 is 2.65 bits per heavy atom. The molecule has 0 spiro atoms. The van der Waals surface area contributed by atoms with Crippen molar-refractivity contribution in [2.75, 3.05) is 25.0 Å². The molecule has 2 aliphatic carbocycles. The summed E-state index contributed by atoms with van der Waals surface area (Å²) in [5, 5.41) is 7.25. The Morgan fingerprint density at radius 2 is 1.97 bits per heavy atom. The molecule has 0 bridgehead atoms. The molecule has 5 rings (SSSR count). The van der Waals surface area contributed by atoms with E-state index in [9.17, 15) is 13.6 Å². The van der Waals surface area contributed by atoms with Crippen molar-refractivity contribution in [1.29, 1.82) is 0 Å². The van der Waals surface area contributed by atoms with Crippen LogP contribution in [0.5, 0.6) is 0 Å². The lowest BCUT2D eigenvalue weighted by molar-refractivity contribution is -0.0371. The van der Waals surface area contributed by atoms with Gasteiger partial charge in [0.05, 0.1) is 18.3 Å². The van der Waals surface area contributed by atoms with Gasteiger partial charge in [-0.15, -0.1) is 0 Å². The lowest BCUT2D eigenvalue weighted by Gasteiger charge is -2.37. The minimum atomic E-state index is -0.971. The number of amides is 2. The predicted octanol–water partition coefficient (Wildman–Crippen LogP) is 4.38. The van der Waals surface area contributed by atoms with Crippen LogP contribution < -0.4 is 5.32 Å². The maximum atomic E-state index is 13.5. The van der Waals surface area contributed by atoms with Gasteiger partial charge in [-0.3, -0.25) is 4.68 Å². The van der Waals surface area contributed by atoms with Crippen LogP contribution in [0.4, 0.5) is 19.3 Å². The van der Waals surface area contributed by atoms with Gasteiger partial charge in [0.1, 0.15) is 0 Å². The van der Waals surface area contributed by atoms with Gasteiger partial charge in [-0.05, 0) is 68.1 Å². The Balaban J connectivity index is 1.26. The molecule has 3 fully saturated rings. The number of likely N-dealkylation sites (tertiary alicyclic amines) is 1. The van der Waals surface area contributed by atoms with Crippen molar-refractivity contribution in [2.45, 2.75) is 44.8 Å². The molecule has 166 valence electrons. The Labute approximate surface area is 180 Å². The largest absolute Gasteiger partial charge is 0.376 e. The molecule has 0 radical (unpaired) electrons. The molecular weight excluding hydrogens is 402 g/mol. The molecule has 2 heterocycles. The zero-order valence-corrected chi connectivity index (χ0v) is 17.6. The van der Waals surface area contributed by atoms with E-state index in [1.807, 2.05) is 17.8 Å². The molecule has 8 heteroatoms. The zero-order valence-electron chi connectivity index (χ0n) is 17.6. The second kappa shape index (κ2) is 8.22. The fraction of sp³-hybridized carbons (Fsp3) is 0.565. The maximum absolute atomic E-state index is 13.5. The van der Waals surface area contributed by atoms with Crippen LogP contribution in [-0.4, -0.2) is 46.5 Å². The van der Waals surface area contributed by atoms with E-state index in [4.69, 9.17) is 4.74 Å². The van der Waals surface area contributed by atoms with Crippen molar-refractivity contribution in [3.05, 3.63) is 47.8 Å². The minimum Gasteiger partial charge on any atom is -0.376 e. The van der Waals surface area contributed by atoms with Crippen molar-refractivity contribution in [2.24, 2.45) is 17.8 Å². The third-order valence-electron chi connectivity index (χ3n) is 6.86. The van der Waals surface area contributed by atoms with Crippen LogP contribution in [0.1, 0.15) is 37.3 Å². The molecule has 31 heavy (non-hydrogen) atoms. The number of fused-ring (bicyclic) bond motifs is 1. The first-order chi connectivity index (χ1) is 15.0. The zero-order chi connectivity index (χ0) is 21.5. The number of nitrogens with zero attached hydrogens (tertiary/aromatic N) is 3. The van der Waals surface area contributed by atoms with Gasteiger partial charge in [-0.1, -0.05) is 0 Å². The number of rotatable bonds is 5. The molecule has 2 saturated carbocycles.